The zero-order valence-corrected chi connectivity index (χ0v) is 12.4. The summed E-state index contributed by atoms with van der Waals surface area (Å²) < 4.78 is 0. The first-order valence-electron chi connectivity index (χ1n) is 7.11. The summed E-state index contributed by atoms with van der Waals surface area (Å²) in [6.07, 6.45) is 6.98. The molecule has 0 spiro atoms. The Labute approximate surface area is 112 Å². The Bertz CT molecular complexity index is 227. The Kier molecular flexibility index (Phi) is 4.79. The molecule has 0 radical (unpaired) electrons. The SMILES string of the molecule is CN1CCC(CN(C)CC2(CS)CCC2)CC1. The van der Waals surface area contributed by atoms with E-state index >= 15 is 0 Å². The molecule has 2 nitrogen and oxygen atoms in total. The second kappa shape index (κ2) is 5.94. The number of nitrogens with zero attached hydrogens (tertiary/aromatic N) is 2. The molecule has 1 aliphatic heterocycles. The molecule has 0 N–H and O–H groups in total. The Morgan fingerprint density at radius 3 is 2.41 bits per heavy atom. The van der Waals surface area contributed by atoms with E-state index in [4.69, 9.17) is 0 Å². The monoisotopic (exact) mass is 256 g/mol. The lowest BCUT2D eigenvalue weighted by Gasteiger charge is -2.44. The summed E-state index contributed by atoms with van der Waals surface area (Å²) in [5.41, 5.74) is 0.559. The zero-order chi connectivity index (χ0) is 12.3. The van der Waals surface area contributed by atoms with Crippen molar-refractivity contribution in [1.82, 2.24) is 9.80 Å². The number of hydrogen-bond donors (Lipinski definition) is 1. The van der Waals surface area contributed by atoms with Crippen LogP contribution in [0.25, 0.3) is 0 Å². The van der Waals surface area contributed by atoms with Gasteiger partial charge in [0.05, 0.1) is 0 Å². The first-order valence-corrected chi connectivity index (χ1v) is 7.75. The van der Waals surface area contributed by atoms with Crippen molar-refractivity contribution in [3.8, 4) is 0 Å². The normalized spacial score (nSPS) is 26.1. The molecule has 2 fully saturated rings. The van der Waals surface area contributed by atoms with Gasteiger partial charge < -0.3 is 9.80 Å². The molecule has 1 heterocycles. The van der Waals surface area contributed by atoms with Crippen LogP contribution in [0.4, 0.5) is 0 Å². The number of hydrogen-bond acceptors (Lipinski definition) is 3. The van der Waals surface area contributed by atoms with E-state index in [1.807, 2.05) is 0 Å². The highest BCUT2D eigenvalue weighted by atomic mass is 32.1. The van der Waals surface area contributed by atoms with Crippen LogP contribution in [0.3, 0.4) is 0 Å². The van der Waals surface area contributed by atoms with E-state index in [0.717, 1.165) is 11.7 Å². The number of thiol groups is 1. The topological polar surface area (TPSA) is 6.48 Å². The van der Waals surface area contributed by atoms with Gasteiger partial charge in [0.15, 0.2) is 0 Å². The van der Waals surface area contributed by atoms with Crippen molar-refractivity contribution < 1.29 is 0 Å². The molecule has 100 valence electrons. The van der Waals surface area contributed by atoms with Gasteiger partial charge in [-0.3, -0.25) is 0 Å². The first kappa shape index (κ1) is 13.7. The van der Waals surface area contributed by atoms with Crippen LogP contribution in [-0.2, 0) is 0 Å². The van der Waals surface area contributed by atoms with E-state index in [2.05, 4.69) is 36.5 Å². The van der Waals surface area contributed by atoms with E-state index < -0.39 is 0 Å². The molecule has 1 saturated heterocycles. The molecule has 1 aliphatic carbocycles. The highest BCUT2D eigenvalue weighted by Gasteiger charge is 2.36. The summed E-state index contributed by atoms with van der Waals surface area (Å²) in [7, 11) is 4.55. The lowest BCUT2D eigenvalue weighted by atomic mass is 9.70. The van der Waals surface area contributed by atoms with Gasteiger partial charge in [-0.15, -0.1) is 0 Å². The lowest BCUT2D eigenvalue weighted by Crippen LogP contribution is -2.44. The van der Waals surface area contributed by atoms with E-state index in [9.17, 15) is 0 Å². The molecule has 3 heteroatoms. The molecule has 0 aromatic rings. The lowest BCUT2D eigenvalue weighted by molar-refractivity contribution is 0.0860. The molecule has 0 atom stereocenters. The number of likely N-dealkylation sites (tertiary alicyclic amines) is 1. The van der Waals surface area contributed by atoms with Crippen molar-refractivity contribution in [1.29, 1.82) is 0 Å². The summed E-state index contributed by atoms with van der Waals surface area (Å²) in [5.74, 6) is 2.00. The third-order valence-electron chi connectivity index (χ3n) is 4.76. The van der Waals surface area contributed by atoms with Crippen LogP contribution in [-0.4, -0.2) is 55.8 Å². The van der Waals surface area contributed by atoms with Gasteiger partial charge in [-0.1, -0.05) is 6.42 Å². The molecule has 2 rings (SSSR count). The summed E-state index contributed by atoms with van der Waals surface area (Å²) >= 11 is 4.55. The summed E-state index contributed by atoms with van der Waals surface area (Å²) in [6, 6.07) is 0. The fourth-order valence-corrected chi connectivity index (χ4v) is 3.78. The van der Waals surface area contributed by atoms with Gasteiger partial charge in [0.25, 0.3) is 0 Å². The Morgan fingerprint density at radius 1 is 1.29 bits per heavy atom. The Morgan fingerprint density at radius 2 is 1.94 bits per heavy atom. The molecular weight excluding hydrogens is 228 g/mol. The van der Waals surface area contributed by atoms with E-state index in [-0.39, 0.29) is 0 Å². The number of piperidine rings is 1. The first-order chi connectivity index (χ1) is 8.13. The molecule has 0 amide bonds. The molecule has 0 bridgehead atoms. The molecule has 2 aliphatic rings. The second-order valence-corrected chi connectivity index (χ2v) is 6.77. The van der Waals surface area contributed by atoms with Crippen molar-refractivity contribution in [2.24, 2.45) is 11.3 Å². The van der Waals surface area contributed by atoms with Crippen LogP contribution >= 0.6 is 12.6 Å². The van der Waals surface area contributed by atoms with Gasteiger partial charge in [-0.25, -0.2) is 0 Å². The van der Waals surface area contributed by atoms with Gasteiger partial charge in [0, 0.05) is 13.1 Å². The minimum absolute atomic E-state index is 0.559. The van der Waals surface area contributed by atoms with Gasteiger partial charge >= 0.3 is 0 Å². The molecule has 17 heavy (non-hydrogen) atoms. The summed E-state index contributed by atoms with van der Waals surface area (Å²) in [4.78, 5) is 5.03. The second-order valence-electron chi connectivity index (χ2n) is 6.46. The molecule has 0 aromatic heterocycles. The summed E-state index contributed by atoms with van der Waals surface area (Å²) in [6.45, 7) is 5.14. The largest absolute Gasteiger partial charge is 0.306 e. The summed E-state index contributed by atoms with van der Waals surface area (Å²) in [5, 5.41) is 0. The third kappa shape index (κ3) is 3.62. The van der Waals surface area contributed by atoms with Crippen LogP contribution in [0.15, 0.2) is 0 Å². The fraction of sp³-hybridized carbons (Fsp3) is 1.00. The quantitative estimate of drug-likeness (QED) is 0.755. The van der Waals surface area contributed by atoms with Gasteiger partial charge in [0.1, 0.15) is 0 Å². The fourth-order valence-electron chi connectivity index (χ4n) is 3.37. The van der Waals surface area contributed by atoms with E-state index in [1.165, 1.54) is 58.3 Å². The molecular formula is C14H28N2S. The van der Waals surface area contributed by atoms with Crippen LogP contribution in [0.1, 0.15) is 32.1 Å². The minimum atomic E-state index is 0.559. The average Bonchev–Trinajstić information content (AvgIpc) is 2.27. The molecule has 0 aromatic carbocycles. The maximum atomic E-state index is 4.55. The van der Waals surface area contributed by atoms with Crippen molar-refractivity contribution in [3.63, 3.8) is 0 Å². The van der Waals surface area contributed by atoms with E-state index in [0.29, 0.717) is 5.41 Å². The maximum Gasteiger partial charge on any atom is 0.00429 e. The van der Waals surface area contributed by atoms with Crippen molar-refractivity contribution >= 4 is 12.6 Å². The highest BCUT2D eigenvalue weighted by Crippen LogP contribution is 2.42. The van der Waals surface area contributed by atoms with E-state index in [1.54, 1.807) is 0 Å². The average molecular weight is 256 g/mol. The van der Waals surface area contributed by atoms with Crippen LogP contribution in [0, 0.1) is 11.3 Å². The smallest absolute Gasteiger partial charge is 0.00429 e. The third-order valence-corrected chi connectivity index (χ3v) is 5.43. The van der Waals surface area contributed by atoms with Gasteiger partial charge in [0.2, 0.25) is 0 Å². The molecule has 1 saturated carbocycles. The van der Waals surface area contributed by atoms with Gasteiger partial charge in [-0.2, -0.15) is 12.6 Å². The maximum absolute atomic E-state index is 4.55. The van der Waals surface area contributed by atoms with Crippen molar-refractivity contribution in [2.45, 2.75) is 32.1 Å². The Balaban J connectivity index is 1.71. The standard InChI is InChI=1S/C14H28N2S/c1-15-8-4-13(5-9-15)10-16(2)11-14(12-17)6-3-7-14/h13,17H,3-12H2,1-2H3. The zero-order valence-electron chi connectivity index (χ0n) is 11.5. The van der Waals surface area contributed by atoms with Crippen LogP contribution in [0.5, 0.6) is 0 Å². The minimum Gasteiger partial charge on any atom is -0.306 e. The van der Waals surface area contributed by atoms with Crippen molar-refractivity contribution in [3.05, 3.63) is 0 Å². The number of rotatable bonds is 5. The van der Waals surface area contributed by atoms with Gasteiger partial charge in [-0.05, 0) is 70.0 Å². The Hall–Kier alpha value is 0.270. The van der Waals surface area contributed by atoms with Crippen molar-refractivity contribution in [2.75, 3.05) is 46.0 Å². The predicted molar refractivity (Wildman–Crippen MR) is 77.9 cm³/mol. The predicted octanol–water partition coefficient (Wildman–Crippen LogP) is 2.36. The highest BCUT2D eigenvalue weighted by molar-refractivity contribution is 7.80. The van der Waals surface area contributed by atoms with Crippen LogP contribution in [0.2, 0.25) is 0 Å². The molecule has 0 unspecified atom stereocenters. The van der Waals surface area contributed by atoms with Crippen LogP contribution < -0.4 is 0 Å².